The lowest BCUT2D eigenvalue weighted by Gasteiger charge is -2.39. The number of hydrogen-bond acceptors (Lipinski definition) is 5. The van der Waals surface area contributed by atoms with Crippen molar-refractivity contribution in [3.8, 4) is 11.1 Å². The number of hydrogen-bond donors (Lipinski definition) is 1. The first kappa shape index (κ1) is 28.0. The van der Waals surface area contributed by atoms with Crippen LogP contribution in [0.2, 0.25) is 5.02 Å². The average molecular weight is 544 g/mol. The third kappa shape index (κ3) is 6.51. The number of amides is 3. The smallest absolute Gasteiger partial charge is 0.256 e. The molecule has 204 valence electrons. The lowest BCUT2D eigenvalue weighted by molar-refractivity contribution is -0.135. The van der Waals surface area contributed by atoms with Crippen molar-refractivity contribution >= 4 is 35.0 Å². The van der Waals surface area contributed by atoms with Gasteiger partial charge in [0.05, 0.1) is 17.8 Å². The summed E-state index contributed by atoms with van der Waals surface area (Å²) in [5.41, 5.74) is 1.51. The van der Waals surface area contributed by atoms with E-state index >= 15 is 0 Å². The number of halogens is 2. The van der Waals surface area contributed by atoms with Gasteiger partial charge in [0.2, 0.25) is 11.8 Å². The van der Waals surface area contributed by atoms with Crippen LogP contribution in [-0.2, 0) is 9.59 Å². The largest absolute Gasteiger partial charge is 0.338 e. The molecule has 1 fully saturated rings. The van der Waals surface area contributed by atoms with Gasteiger partial charge in [-0.2, -0.15) is 0 Å². The molecule has 10 heteroatoms. The molecule has 1 atom stereocenters. The topological polar surface area (TPSA) is 76.2 Å². The molecule has 2 aromatic rings. The number of piperazine rings is 1. The van der Waals surface area contributed by atoms with Gasteiger partial charge in [0.25, 0.3) is 5.91 Å². The lowest BCUT2D eigenvalue weighted by atomic mass is 10.0. The van der Waals surface area contributed by atoms with E-state index in [1.807, 2.05) is 14.1 Å². The molecule has 3 amide bonds. The highest BCUT2D eigenvalue weighted by atomic mass is 35.5. The molecule has 0 aliphatic carbocycles. The van der Waals surface area contributed by atoms with E-state index in [1.165, 1.54) is 11.0 Å². The van der Waals surface area contributed by atoms with Crippen LogP contribution in [0.5, 0.6) is 0 Å². The molecule has 2 aliphatic heterocycles. The van der Waals surface area contributed by atoms with Gasteiger partial charge in [-0.3, -0.25) is 14.4 Å². The number of unbranched alkanes of at least 4 members (excludes halogenated alkanes) is 1. The molecule has 0 bridgehead atoms. The van der Waals surface area contributed by atoms with E-state index in [0.29, 0.717) is 35.3 Å². The summed E-state index contributed by atoms with van der Waals surface area (Å²) >= 11 is 5.88. The Hall–Kier alpha value is -3.01. The van der Waals surface area contributed by atoms with Gasteiger partial charge in [-0.05, 0) is 76.4 Å². The van der Waals surface area contributed by atoms with E-state index in [0.717, 1.165) is 32.5 Å². The number of nitrogens with zero attached hydrogens (tertiary/aromatic N) is 4. The van der Waals surface area contributed by atoms with Crippen LogP contribution in [0.15, 0.2) is 36.4 Å². The summed E-state index contributed by atoms with van der Waals surface area (Å²) in [5, 5.41) is 3.12. The highest BCUT2D eigenvalue weighted by Crippen LogP contribution is 2.32. The molecule has 0 spiro atoms. The molecule has 4 rings (SSSR count). The van der Waals surface area contributed by atoms with Crippen molar-refractivity contribution in [2.24, 2.45) is 0 Å². The summed E-state index contributed by atoms with van der Waals surface area (Å²) < 4.78 is 14.5. The zero-order valence-electron chi connectivity index (χ0n) is 22.2. The minimum atomic E-state index is -0.777. The van der Waals surface area contributed by atoms with Crippen molar-refractivity contribution in [1.82, 2.24) is 19.6 Å². The molecular weight excluding hydrogens is 509 g/mol. The second kappa shape index (κ2) is 12.2. The molecule has 1 unspecified atom stereocenters. The molecule has 38 heavy (non-hydrogen) atoms. The van der Waals surface area contributed by atoms with Gasteiger partial charge in [-0.25, -0.2) is 4.39 Å². The molecule has 0 saturated carbocycles. The molecule has 1 saturated heterocycles. The van der Waals surface area contributed by atoms with Crippen molar-refractivity contribution < 1.29 is 18.8 Å². The quantitative estimate of drug-likeness (QED) is 0.491. The maximum atomic E-state index is 14.5. The Morgan fingerprint density at radius 1 is 1.03 bits per heavy atom. The summed E-state index contributed by atoms with van der Waals surface area (Å²) in [6, 6.07) is 8.48. The highest BCUT2D eigenvalue weighted by Gasteiger charge is 2.40. The first-order chi connectivity index (χ1) is 18.1. The Balaban J connectivity index is 1.38. The normalized spacial score (nSPS) is 17.4. The Morgan fingerprint density at radius 2 is 1.82 bits per heavy atom. The van der Waals surface area contributed by atoms with Gasteiger partial charge < -0.3 is 24.9 Å². The van der Waals surface area contributed by atoms with Crippen molar-refractivity contribution in [3.05, 3.63) is 52.8 Å². The Kier molecular flexibility index (Phi) is 9.02. The van der Waals surface area contributed by atoms with Crippen LogP contribution < -0.4 is 5.32 Å². The third-order valence-corrected chi connectivity index (χ3v) is 7.39. The predicted molar refractivity (Wildman–Crippen MR) is 147 cm³/mol. The SMILES string of the molecule is CN(C)CCN(C)CCCCC(=O)N1CCN2C(=O)c3cc(-c4ccc(Cl)cc4F)ccc3NC(=O)C2C1. The number of nitrogens with one attached hydrogen (secondary N) is 1. The molecule has 1 N–H and O–H groups in total. The van der Waals surface area contributed by atoms with Crippen molar-refractivity contribution in [2.75, 3.05) is 65.7 Å². The van der Waals surface area contributed by atoms with Crippen molar-refractivity contribution in [3.63, 3.8) is 0 Å². The summed E-state index contributed by atoms with van der Waals surface area (Å²) in [6.07, 6.45) is 2.11. The van der Waals surface area contributed by atoms with Gasteiger partial charge in [0.15, 0.2) is 0 Å². The van der Waals surface area contributed by atoms with E-state index in [2.05, 4.69) is 22.2 Å². The maximum absolute atomic E-state index is 14.5. The first-order valence-electron chi connectivity index (χ1n) is 13.0. The van der Waals surface area contributed by atoms with Gasteiger partial charge in [-0.1, -0.05) is 17.7 Å². The Morgan fingerprint density at radius 3 is 2.55 bits per heavy atom. The van der Waals surface area contributed by atoms with Crippen LogP contribution in [0.3, 0.4) is 0 Å². The van der Waals surface area contributed by atoms with Crippen LogP contribution in [0, 0.1) is 5.82 Å². The van der Waals surface area contributed by atoms with Crippen LogP contribution in [0.4, 0.5) is 10.1 Å². The minimum Gasteiger partial charge on any atom is -0.338 e. The van der Waals surface area contributed by atoms with E-state index in [9.17, 15) is 18.8 Å². The average Bonchev–Trinajstić information content (AvgIpc) is 2.99. The van der Waals surface area contributed by atoms with E-state index in [1.54, 1.807) is 35.2 Å². The molecule has 2 heterocycles. The Bertz CT molecular complexity index is 1210. The molecule has 0 radical (unpaired) electrons. The Labute approximate surface area is 228 Å². The summed E-state index contributed by atoms with van der Waals surface area (Å²) in [6.45, 7) is 3.69. The first-order valence-corrected chi connectivity index (χ1v) is 13.3. The minimum absolute atomic E-state index is 0.00287. The standard InChI is InChI=1S/C28H35ClFN5O3/c1-32(2)12-13-33(3)11-5-4-6-26(36)34-14-15-35-25(18-34)27(37)31-24-10-7-19(16-22(24)28(35)38)21-9-8-20(29)17-23(21)30/h7-10,16-17,25H,4-6,11-15,18H2,1-3H3,(H,31,37). The number of carbonyl (C=O) groups excluding carboxylic acids is 3. The zero-order chi connectivity index (χ0) is 27.4. The van der Waals surface area contributed by atoms with Crippen LogP contribution in [0.25, 0.3) is 11.1 Å². The zero-order valence-corrected chi connectivity index (χ0v) is 22.9. The predicted octanol–water partition coefficient (Wildman–Crippen LogP) is 3.41. The monoisotopic (exact) mass is 543 g/mol. The van der Waals surface area contributed by atoms with Crippen LogP contribution >= 0.6 is 11.6 Å². The fourth-order valence-electron chi connectivity index (χ4n) is 4.87. The molecule has 2 aliphatic rings. The molecule has 8 nitrogen and oxygen atoms in total. The van der Waals surface area contributed by atoms with Gasteiger partial charge in [-0.15, -0.1) is 0 Å². The van der Waals surface area contributed by atoms with Crippen molar-refractivity contribution in [2.45, 2.75) is 25.3 Å². The summed E-state index contributed by atoms with van der Waals surface area (Å²) in [4.78, 5) is 47.1. The number of fused-ring (bicyclic) bond motifs is 2. The second-order valence-corrected chi connectivity index (χ2v) is 10.7. The van der Waals surface area contributed by atoms with Gasteiger partial charge >= 0.3 is 0 Å². The number of rotatable bonds is 9. The maximum Gasteiger partial charge on any atom is 0.256 e. The van der Waals surface area contributed by atoms with Gasteiger partial charge in [0, 0.05) is 43.2 Å². The number of benzene rings is 2. The van der Waals surface area contributed by atoms with Crippen molar-refractivity contribution in [1.29, 1.82) is 0 Å². The lowest BCUT2D eigenvalue weighted by Crippen LogP contribution is -2.59. The number of anilines is 1. The van der Waals surface area contributed by atoms with E-state index < -0.39 is 11.9 Å². The van der Waals surface area contributed by atoms with Crippen LogP contribution in [0.1, 0.15) is 29.6 Å². The third-order valence-electron chi connectivity index (χ3n) is 7.16. The molecular formula is C28H35ClFN5O3. The summed E-state index contributed by atoms with van der Waals surface area (Å²) in [5.74, 6) is -1.13. The number of carbonyl (C=O) groups is 3. The van der Waals surface area contributed by atoms with E-state index in [-0.39, 0.29) is 35.8 Å². The second-order valence-electron chi connectivity index (χ2n) is 10.3. The van der Waals surface area contributed by atoms with E-state index in [4.69, 9.17) is 11.6 Å². The fraction of sp³-hybridized carbons (Fsp3) is 0.464. The van der Waals surface area contributed by atoms with Crippen LogP contribution in [-0.4, -0.2) is 104 Å². The summed E-state index contributed by atoms with van der Waals surface area (Å²) in [7, 11) is 6.18. The number of likely N-dealkylation sites (N-methyl/N-ethyl adjacent to an activating group) is 2. The highest BCUT2D eigenvalue weighted by molar-refractivity contribution is 6.30. The molecule has 0 aromatic heterocycles. The molecule has 2 aromatic carbocycles. The van der Waals surface area contributed by atoms with Gasteiger partial charge in [0.1, 0.15) is 11.9 Å². The fourth-order valence-corrected chi connectivity index (χ4v) is 5.03.